The highest BCUT2D eigenvalue weighted by Gasteiger charge is 2.08. The predicted octanol–water partition coefficient (Wildman–Crippen LogP) is 1.86. The molecule has 0 aliphatic carbocycles. The number of carbonyl (C=O) groups excluding carboxylic acids is 1. The van der Waals surface area contributed by atoms with Crippen LogP contribution in [0.3, 0.4) is 0 Å². The molecule has 0 bridgehead atoms. The number of thiocarbonyl (C=S) groups is 1. The summed E-state index contributed by atoms with van der Waals surface area (Å²) in [6, 6.07) is 5.13. The van der Waals surface area contributed by atoms with E-state index in [0.717, 1.165) is 4.47 Å². The van der Waals surface area contributed by atoms with Crippen molar-refractivity contribution in [1.29, 1.82) is 0 Å². The summed E-state index contributed by atoms with van der Waals surface area (Å²) in [7, 11) is 1.57. The number of nitrogens with one attached hydrogen (secondary N) is 1. The van der Waals surface area contributed by atoms with E-state index < -0.39 is 0 Å². The third-order valence-corrected chi connectivity index (χ3v) is 2.89. The smallest absolute Gasteiger partial charge is 0.251 e. The maximum Gasteiger partial charge on any atom is 0.251 e. The molecular weight excluding hydrogens is 304 g/mol. The predicted molar refractivity (Wildman–Crippen MR) is 74.4 cm³/mol. The summed E-state index contributed by atoms with van der Waals surface area (Å²) in [5, 5.41) is 2.73. The van der Waals surface area contributed by atoms with Gasteiger partial charge in [-0.2, -0.15) is 0 Å². The fraction of sp³-hybridized carbons (Fsp3) is 0.273. The Bertz CT molecular complexity index is 437. The molecule has 1 amide bonds. The first-order valence-electron chi connectivity index (χ1n) is 4.94. The number of hydrogen-bond acceptors (Lipinski definition) is 3. The van der Waals surface area contributed by atoms with E-state index >= 15 is 0 Å². The fourth-order valence-electron chi connectivity index (χ4n) is 1.21. The number of rotatable bonds is 5. The minimum absolute atomic E-state index is 0.162. The summed E-state index contributed by atoms with van der Waals surface area (Å²) < 4.78 is 5.82. The summed E-state index contributed by atoms with van der Waals surface area (Å²) in [6.07, 6.45) is 0.498. The number of halogens is 1. The number of benzene rings is 1. The third kappa shape index (κ3) is 4.32. The summed E-state index contributed by atoms with van der Waals surface area (Å²) in [6.45, 7) is 0.442. The summed E-state index contributed by atoms with van der Waals surface area (Å²) in [5.41, 5.74) is 5.89. The van der Waals surface area contributed by atoms with E-state index in [1.165, 1.54) is 0 Å². The lowest BCUT2D eigenvalue weighted by atomic mass is 10.2. The van der Waals surface area contributed by atoms with Gasteiger partial charge in [-0.1, -0.05) is 12.2 Å². The van der Waals surface area contributed by atoms with Crippen molar-refractivity contribution >= 4 is 39.0 Å². The zero-order chi connectivity index (χ0) is 12.8. The van der Waals surface area contributed by atoms with Gasteiger partial charge in [-0.15, -0.1) is 0 Å². The van der Waals surface area contributed by atoms with Crippen LogP contribution in [0.25, 0.3) is 0 Å². The van der Waals surface area contributed by atoms with Gasteiger partial charge in [0.25, 0.3) is 5.91 Å². The first kappa shape index (κ1) is 13.9. The molecule has 0 heterocycles. The van der Waals surface area contributed by atoms with Gasteiger partial charge in [0.2, 0.25) is 0 Å². The second-order valence-electron chi connectivity index (χ2n) is 3.32. The van der Waals surface area contributed by atoms with Crippen molar-refractivity contribution in [2.75, 3.05) is 13.7 Å². The van der Waals surface area contributed by atoms with Crippen LogP contribution in [0.2, 0.25) is 0 Å². The van der Waals surface area contributed by atoms with Crippen molar-refractivity contribution in [1.82, 2.24) is 5.32 Å². The lowest BCUT2D eigenvalue weighted by Crippen LogP contribution is -2.27. The van der Waals surface area contributed by atoms with Crippen LogP contribution in [0.15, 0.2) is 22.7 Å². The van der Waals surface area contributed by atoms with E-state index in [0.29, 0.717) is 29.3 Å². The van der Waals surface area contributed by atoms with Gasteiger partial charge in [0.15, 0.2) is 0 Å². The highest BCUT2D eigenvalue weighted by Crippen LogP contribution is 2.25. The van der Waals surface area contributed by atoms with Crippen LogP contribution >= 0.6 is 28.1 Å². The maximum absolute atomic E-state index is 11.7. The molecule has 0 saturated carbocycles. The summed E-state index contributed by atoms with van der Waals surface area (Å²) in [4.78, 5) is 12.1. The van der Waals surface area contributed by atoms with Crippen LogP contribution in [-0.2, 0) is 0 Å². The van der Waals surface area contributed by atoms with Gasteiger partial charge in [-0.3, -0.25) is 4.79 Å². The summed E-state index contributed by atoms with van der Waals surface area (Å²) in [5.74, 6) is 0.522. The first-order chi connectivity index (χ1) is 8.04. The standard InChI is InChI=1S/C11H13BrN2O2S/c1-16-9-3-2-7(6-8(9)12)11(15)14-5-4-10(13)17/h2-3,6H,4-5H2,1H3,(H2,13,17)(H,14,15). The Labute approximate surface area is 114 Å². The van der Waals surface area contributed by atoms with E-state index in [1.54, 1.807) is 25.3 Å². The zero-order valence-electron chi connectivity index (χ0n) is 9.33. The van der Waals surface area contributed by atoms with Crippen molar-refractivity contribution in [2.45, 2.75) is 6.42 Å². The number of methoxy groups -OCH3 is 1. The average Bonchev–Trinajstić information content (AvgIpc) is 2.28. The number of ether oxygens (including phenoxy) is 1. The van der Waals surface area contributed by atoms with Gasteiger partial charge in [-0.05, 0) is 34.1 Å². The van der Waals surface area contributed by atoms with E-state index in [9.17, 15) is 4.79 Å². The monoisotopic (exact) mass is 316 g/mol. The van der Waals surface area contributed by atoms with Crippen LogP contribution in [0.1, 0.15) is 16.8 Å². The van der Waals surface area contributed by atoms with Crippen molar-refractivity contribution < 1.29 is 9.53 Å². The van der Waals surface area contributed by atoms with Crippen LogP contribution < -0.4 is 15.8 Å². The van der Waals surface area contributed by atoms with Gasteiger partial charge in [0.1, 0.15) is 5.75 Å². The van der Waals surface area contributed by atoms with Gasteiger partial charge < -0.3 is 15.8 Å². The third-order valence-electron chi connectivity index (χ3n) is 2.07. The minimum Gasteiger partial charge on any atom is -0.496 e. The van der Waals surface area contributed by atoms with Crippen molar-refractivity contribution in [3.63, 3.8) is 0 Å². The zero-order valence-corrected chi connectivity index (χ0v) is 11.7. The normalized spacial score (nSPS) is 9.76. The van der Waals surface area contributed by atoms with Crippen molar-refractivity contribution in [2.24, 2.45) is 5.73 Å². The number of nitrogens with two attached hydrogens (primary N) is 1. The van der Waals surface area contributed by atoms with Gasteiger partial charge in [0.05, 0.1) is 16.6 Å². The molecule has 0 spiro atoms. The molecule has 0 saturated heterocycles. The van der Waals surface area contributed by atoms with E-state index in [-0.39, 0.29) is 5.91 Å². The molecule has 1 aromatic rings. The van der Waals surface area contributed by atoms with E-state index in [4.69, 9.17) is 22.7 Å². The second kappa shape index (κ2) is 6.56. The minimum atomic E-state index is -0.162. The highest BCUT2D eigenvalue weighted by molar-refractivity contribution is 9.10. The van der Waals surface area contributed by atoms with Crippen LogP contribution in [0.5, 0.6) is 5.75 Å². The second-order valence-corrected chi connectivity index (χ2v) is 4.70. The molecule has 0 radical (unpaired) electrons. The Morgan fingerprint density at radius 3 is 2.82 bits per heavy atom. The van der Waals surface area contributed by atoms with Crippen molar-refractivity contribution in [3.05, 3.63) is 28.2 Å². The molecule has 1 aromatic carbocycles. The molecule has 0 aliphatic heterocycles. The van der Waals surface area contributed by atoms with Gasteiger partial charge in [0, 0.05) is 18.5 Å². The Morgan fingerprint density at radius 2 is 2.29 bits per heavy atom. The Kier molecular flexibility index (Phi) is 5.37. The van der Waals surface area contributed by atoms with Crippen LogP contribution in [-0.4, -0.2) is 24.6 Å². The molecule has 0 aromatic heterocycles. The first-order valence-corrected chi connectivity index (χ1v) is 6.14. The molecule has 0 atom stereocenters. The quantitative estimate of drug-likeness (QED) is 0.814. The van der Waals surface area contributed by atoms with Gasteiger partial charge in [-0.25, -0.2) is 0 Å². The number of carbonyl (C=O) groups is 1. The lowest BCUT2D eigenvalue weighted by Gasteiger charge is -2.07. The Hall–Kier alpha value is -1.14. The number of hydrogen-bond donors (Lipinski definition) is 2. The Morgan fingerprint density at radius 1 is 1.59 bits per heavy atom. The molecule has 3 N–H and O–H groups in total. The molecule has 0 unspecified atom stereocenters. The van der Waals surface area contributed by atoms with Crippen LogP contribution in [0.4, 0.5) is 0 Å². The summed E-state index contributed by atoms with van der Waals surface area (Å²) >= 11 is 8.04. The fourth-order valence-corrected chi connectivity index (χ4v) is 1.85. The van der Waals surface area contributed by atoms with Gasteiger partial charge >= 0.3 is 0 Å². The topological polar surface area (TPSA) is 64.3 Å². The molecule has 0 aliphatic rings. The Balaban J connectivity index is 2.63. The molecular formula is C11H13BrN2O2S. The van der Waals surface area contributed by atoms with E-state index in [1.807, 2.05) is 0 Å². The number of amides is 1. The SMILES string of the molecule is COc1ccc(C(=O)NCCC(N)=S)cc1Br. The molecule has 4 nitrogen and oxygen atoms in total. The molecule has 17 heavy (non-hydrogen) atoms. The molecule has 92 valence electrons. The largest absolute Gasteiger partial charge is 0.496 e. The van der Waals surface area contributed by atoms with E-state index in [2.05, 4.69) is 21.2 Å². The average molecular weight is 317 g/mol. The molecule has 6 heteroatoms. The lowest BCUT2D eigenvalue weighted by molar-refractivity contribution is 0.0954. The molecule has 1 rings (SSSR count). The molecule has 0 fully saturated rings. The van der Waals surface area contributed by atoms with Crippen LogP contribution in [0, 0.1) is 0 Å². The highest BCUT2D eigenvalue weighted by atomic mass is 79.9. The maximum atomic E-state index is 11.7. The van der Waals surface area contributed by atoms with Crippen molar-refractivity contribution in [3.8, 4) is 5.75 Å².